The molecule has 11 aromatic rings. The summed E-state index contributed by atoms with van der Waals surface area (Å²) in [6.07, 6.45) is 0. The molecule has 0 amide bonds. The molecule has 2 aliphatic rings. The maximum atomic E-state index is 5.34. The third-order valence-corrected chi connectivity index (χ3v) is 14.2. The molecule has 0 saturated heterocycles. The van der Waals surface area contributed by atoms with E-state index in [-0.39, 0.29) is 0 Å². The molecule has 0 saturated carbocycles. The zero-order valence-electron chi connectivity index (χ0n) is 33.5. The molecule has 3 nitrogen and oxygen atoms in total. The van der Waals surface area contributed by atoms with E-state index in [0.717, 1.165) is 22.3 Å². The first kappa shape index (κ1) is 35.1. The smallest absolute Gasteiger partial charge is 0.165 e. The molecule has 0 fully saturated rings. The highest BCUT2D eigenvalue weighted by Crippen LogP contribution is 2.63. The van der Waals surface area contributed by atoms with E-state index in [2.05, 4.69) is 194 Å². The number of fused-ring (bicyclic) bond motifs is 15. The average Bonchev–Trinajstić information content (AvgIpc) is 3.64. The van der Waals surface area contributed by atoms with Gasteiger partial charge < -0.3 is 0 Å². The first-order valence-electron chi connectivity index (χ1n) is 21.1. The number of hydrogen-bond donors (Lipinski definition) is 0. The van der Waals surface area contributed by atoms with Crippen molar-refractivity contribution in [3.8, 4) is 56.4 Å². The largest absolute Gasteiger partial charge is 0.208 e. The Balaban J connectivity index is 0.971. The molecule has 0 radical (unpaired) electrons. The van der Waals surface area contributed by atoms with Crippen LogP contribution in [0.25, 0.3) is 88.7 Å². The number of benzene rings is 10. The summed E-state index contributed by atoms with van der Waals surface area (Å²) >= 11 is 1.82. The van der Waals surface area contributed by atoms with Gasteiger partial charge in [-0.3, -0.25) is 0 Å². The fraction of sp³-hybridized carbons (Fsp3) is 0.0172. The second-order valence-electron chi connectivity index (χ2n) is 16.2. The summed E-state index contributed by atoms with van der Waals surface area (Å²) in [6, 6.07) is 76.8. The molecule has 1 aliphatic heterocycles. The van der Waals surface area contributed by atoms with Crippen LogP contribution in [-0.2, 0) is 5.41 Å². The summed E-state index contributed by atoms with van der Waals surface area (Å²) in [5, 5.41) is 7.63. The minimum Gasteiger partial charge on any atom is -0.208 e. The summed E-state index contributed by atoms with van der Waals surface area (Å²) in [7, 11) is 0. The van der Waals surface area contributed by atoms with Crippen LogP contribution in [0, 0.1) is 0 Å². The maximum absolute atomic E-state index is 5.34. The summed E-state index contributed by atoms with van der Waals surface area (Å²) in [4.78, 5) is 18.2. The quantitative estimate of drug-likeness (QED) is 0.166. The van der Waals surface area contributed by atoms with Crippen LogP contribution in [0.2, 0.25) is 0 Å². The fourth-order valence-electron chi connectivity index (χ4n) is 10.3. The van der Waals surface area contributed by atoms with Crippen molar-refractivity contribution in [2.24, 2.45) is 0 Å². The zero-order chi connectivity index (χ0) is 40.8. The zero-order valence-corrected chi connectivity index (χ0v) is 34.3. The molecule has 1 aromatic heterocycles. The van der Waals surface area contributed by atoms with Crippen molar-refractivity contribution < 1.29 is 0 Å². The van der Waals surface area contributed by atoms with E-state index in [1.54, 1.807) is 0 Å². The van der Waals surface area contributed by atoms with Crippen LogP contribution in [0.5, 0.6) is 0 Å². The predicted molar refractivity (Wildman–Crippen MR) is 256 cm³/mol. The Labute approximate surface area is 363 Å². The third-order valence-electron chi connectivity index (χ3n) is 13.0. The molecule has 1 aliphatic carbocycles. The summed E-state index contributed by atoms with van der Waals surface area (Å²) in [6.45, 7) is 0. The van der Waals surface area contributed by atoms with E-state index in [0.29, 0.717) is 17.5 Å². The molecule has 288 valence electrons. The van der Waals surface area contributed by atoms with Gasteiger partial charge >= 0.3 is 0 Å². The first-order chi connectivity index (χ1) is 30.7. The SMILES string of the molecule is c1ccc(-c2nc(-c3ccc(-c4ccc5c6ccccc6c6ccccc6c5c4)cc3)nc(-c3cccc4c3Sc3ccccc3C43c4ccccc4-c4ccccc43)n2)cc1. The summed E-state index contributed by atoms with van der Waals surface area (Å²) in [5.41, 5.74) is 12.4. The van der Waals surface area contributed by atoms with Crippen LogP contribution in [0.1, 0.15) is 22.3 Å². The van der Waals surface area contributed by atoms with Gasteiger partial charge in [0.2, 0.25) is 0 Å². The second kappa shape index (κ2) is 13.7. The fourth-order valence-corrected chi connectivity index (χ4v) is 11.6. The van der Waals surface area contributed by atoms with Gasteiger partial charge in [0, 0.05) is 26.5 Å². The van der Waals surface area contributed by atoms with Crippen LogP contribution in [0.4, 0.5) is 0 Å². The van der Waals surface area contributed by atoms with Gasteiger partial charge in [-0.25, -0.2) is 15.0 Å². The van der Waals surface area contributed by atoms with E-state index in [1.165, 1.54) is 81.1 Å². The monoisotopic (exact) mass is 805 g/mol. The van der Waals surface area contributed by atoms with Gasteiger partial charge in [0.05, 0.1) is 5.41 Å². The highest BCUT2D eigenvalue weighted by molar-refractivity contribution is 7.99. The van der Waals surface area contributed by atoms with Gasteiger partial charge in [-0.05, 0) is 89.0 Å². The molecule has 1 spiro atoms. The predicted octanol–water partition coefficient (Wildman–Crippen LogP) is 14.8. The van der Waals surface area contributed by atoms with Crippen molar-refractivity contribution in [2.75, 3.05) is 0 Å². The van der Waals surface area contributed by atoms with E-state index >= 15 is 0 Å². The molecule has 0 N–H and O–H groups in total. The first-order valence-corrected chi connectivity index (χ1v) is 21.9. The van der Waals surface area contributed by atoms with E-state index in [1.807, 2.05) is 30.0 Å². The molecule has 10 aromatic carbocycles. The van der Waals surface area contributed by atoms with Crippen LogP contribution in [0.3, 0.4) is 0 Å². The van der Waals surface area contributed by atoms with Crippen LogP contribution >= 0.6 is 11.8 Å². The molecule has 4 heteroatoms. The Morgan fingerprint density at radius 3 is 1.40 bits per heavy atom. The Morgan fingerprint density at radius 2 is 0.742 bits per heavy atom. The van der Waals surface area contributed by atoms with Crippen LogP contribution in [0.15, 0.2) is 222 Å². The Kier molecular flexibility index (Phi) is 7.75. The second-order valence-corrected chi connectivity index (χ2v) is 17.3. The minimum atomic E-state index is -0.490. The van der Waals surface area contributed by atoms with E-state index in [9.17, 15) is 0 Å². The summed E-state index contributed by atoms with van der Waals surface area (Å²) < 4.78 is 0. The van der Waals surface area contributed by atoms with Gasteiger partial charge in [0.1, 0.15) is 0 Å². The topological polar surface area (TPSA) is 38.7 Å². The van der Waals surface area contributed by atoms with Crippen LogP contribution < -0.4 is 0 Å². The maximum Gasteiger partial charge on any atom is 0.165 e. The lowest BCUT2D eigenvalue weighted by Crippen LogP contribution is -2.32. The molecule has 0 atom stereocenters. The van der Waals surface area contributed by atoms with Gasteiger partial charge in [-0.15, -0.1) is 0 Å². The van der Waals surface area contributed by atoms with Crippen molar-refractivity contribution in [1.29, 1.82) is 0 Å². The van der Waals surface area contributed by atoms with Crippen molar-refractivity contribution in [3.05, 3.63) is 235 Å². The van der Waals surface area contributed by atoms with Crippen molar-refractivity contribution in [2.45, 2.75) is 15.2 Å². The lowest BCUT2D eigenvalue weighted by Gasteiger charge is -2.40. The highest BCUT2D eigenvalue weighted by atomic mass is 32.2. The van der Waals surface area contributed by atoms with Gasteiger partial charge in [-0.2, -0.15) is 0 Å². The number of aromatic nitrogens is 3. The molecular formula is C58H35N3S. The van der Waals surface area contributed by atoms with Crippen LogP contribution in [-0.4, -0.2) is 15.0 Å². The van der Waals surface area contributed by atoms with E-state index in [4.69, 9.17) is 15.0 Å². The van der Waals surface area contributed by atoms with Gasteiger partial charge in [-0.1, -0.05) is 212 Å². The minimum absolute atomic E-state index is 0.490. The van der Waals surface area contributed by atoms with Crippen molar-refractivity contribution in [1.82, 2.24) is 15.0 Å². The highest BCUT2D eigenvalue weighted by Gasteiger charge is 2.50. The standard InChI is InChI=1S/C58H35N3S/c1-2-15-37(16-3-1)55-59-56(38-31-29-36(30-32-38)39-33-34-44-42-19-5-4-17-40(42)41-18-6-7-20-43(41)48(44)35-39)61-57(60-55)47-23-14-27-52-54(47)62-53-28-13-12-26-51(53)58(52)49-24-10-8-21-45(49)46-22-9-11-25-50(46)58/h1-35H. The van der Waals surface area contributed by atoms with E-state index < -0.39 is 5.41 Å². The summed E-state index contributed by atoms with van der Waals surface area (Å²) in [5.74, 6) is 1.94. The molecule has 13 rings (SSSR count). The van der Waals surface area contributed by atoms with Crippen molar-refractivity contribution in [3.63, 3.8) is 0 Å². The number of rotatable bonds is 4. The number of hydrogen-bond acceptors (Lipinski definition) is 4. The Hall–Kier alpha value is -7.66. The molecule has 62 heavy (non-hydrogen) atoms. The normalized spacial score (nSPS) is 13.2. The van der Waals surface area contributed by atoms with Gasteiger partial charge in [0.15, 0.2) is 17.5 Å². The lowest BCUT2D eigenvalue weighted by atomic mass is 9.67. The Morgan fingerprint density at radius 1 is 0.290 bits per heavy atom. The lowest BCUT2D eigenvalue weighted by molar-refractivity contribution is 0.722. The van der Waals surface area contributed by atoms with Gasteiger partial charge in [0.25, 0.3) is 0 Å². The van der Waals surface area contributed by atoms with Crippen molar-refractivity contribution >= 4 is 44.1 Å². The molecular weight excluding hydrogens is 771 g/mol. The Bertz CT molecular complexity index is 3530. The molecule has 0 unspecified atom stereocenters. The molecule has 0 bridgehead atoms. The average molecular weight is 806 g/mol. The third kappa shape index (κ3) is 5.11. The molecule has 2 heterocycles. The number of nitrogens with zero attached hydrogens (tertiary/aromatic N) is 3.